The largest absolute Gasteiger partial charge is 0.489 e. The lowest BCUT2D eigenvalue weighted by Crippen LogP contribution is -2.37. The van der Waals surface area contributed by atoms with Gasteiger partial charge in [0, 0.05) is 34.9 Å². The normalized spacial score (nSPS) is 18.3. The lowest BCUT2D eigenvalue weighted by molar-refractivity contribution is 0.348. The van der Waals surface area contributed by atoms with Crippen LogP contribution in [0.15, 0.2) is 55.1 Å². The molecule has 2 aromatic carbocycles. The molecule has 1 atom stereocenters. The van der Waals surface area contributed by atoms with Crippen molar-refractivity contribution in [2.75, 3.05) is 19.7 Å². The monoisotopic (exact) mass is 479 g/mol. The molecule has 2 aromatic rings. The summed E-state index contributed by atoms with van der Waals surface area (Å²) in [7, 11) is -1.80. The van der Waals surface area contributed by atoms with Crippen molar-refractivity contribution in [3.05, 3.63) is 82.4 Å². The van der Waals surface area contributed by atoms with Gasteiger partial charge in [0.15, 0.2) is 0 Å². The van der Waals surface area contributed by atoms with Crippen molar-refractivity contribution in [1.82, 2.24) is 4.90 Å². The number of fused-ring (bicyclic) bond motifs is 1. The van der Waals surface area contributed by atoms with Gasteiger partial charge in [0.1, 0.15) is 12.4 Å². The summed E-state index contributed by atoms with van der Waals surface area (Å²) >= 11 is 6.66. The Morgan fingerprint density at radius 1 is 1.15 bits per heavy atom. The maximum Gasteiger partial charge on any atom is 0.126 e. The minimum atomic E-state index is -1.80. The number of ether oxygens (including phenoxy) is 1. The minimum Gasteiger partial charge on any atom is -0.489 e. The van der Waals surface area contributed by atoms with Crippen LogP contribution in [0.2, 0.25) is 18.1 Å². The summed E-state index contributed by atoms with van der Waals surface area (Å²) in [5.74, 6) is 1.00. The first kappa shape index (κ1) is 24.2. The lowest BCUT2D eigenvalue weighted by Gasteiger charge is -2.32. The van der Waals surface area contributed by atoms with Crippen molar-refractivity contribution in [2.24, 2.45) is 0 Å². The second-order valence-corrected chi connectivity index (χ2v) is 16.7. The molecule has 0 aromatic heterocycles. The third kappa shape index (κ3) is 4.95. The van der Waals surface area contributed by atoms with Crippen LogP contribution in [0.5, 0.6) is 5.75 Å². The smallest absolute Gasteiger partial charge is 0.126 e. The van der Waals surface area contributed by atoms with Crippen LogP contribution in [0.25, 0.3) is 5.70 Å². The Hall–Kier alpha value is -1.97. The maximum absolute atomic E-state index is 6.66. The molecule has 0 bridgehead atoms. The first-order chi connectivity index (χ1) is 15.6. The molecule has 2 nitrogen and oxygen atoms in total. The van der Waals surface area contributed by atoms with Crippen molar-refractivity contribution in [2.45, 2.75) is 63.7 Å². The molecule has 1 heterocycles. The van der Waals surface area contributed by atoms with E-state index in [4.69, 9.17) is 16.3 Å². The van der Waals surface area contributed by atoms with E-state index in [1.807, 2.05) is 6.08 Å². The molecule has 0 spiro atoms. The first-order valence-electron chi connectivity index (χ1n) is 12.2. The van der Waals surface area contributed by atoms with Crippen molar-refractivity contribution in [1.29, 1.82) is 0 Å². The number of hydrogen-bond acceptors (Lipinski definition) is 2. The summed E-state index contributed by atoms with van der Waals surface area (Å²) in [5.41, 5.74) is 7.25. The molecular formula is C29H38ClNOSi. The summed E-state index contributed by atoms with van der Waals surface area (Å²) in [6, 6.07) is 14.3. The molecule has 1 aliphatic heterocycles. The van der Waals surface area contributed by atoms with Crippen molar-refractivity contribution >= 4 is 25.4 Å². The van der Waals surface area contributed by atoms with Gasteiger partial charge in [0.05, 0.1) is 8.07 Å². The third-order valence-corrected chi connectivity index (χ3v) is 10.8. The highest BCUT2D eigenvalue weighted by molar-refractivity contribution is 6.79. The van der Waals surface area contributed by atoms with E-state index in [9.17, 15) is 0 Å². The first-order valence-corrected chi connectivity index (χ1v) is 15.9. The van der Waals surface area contributed by atoms with Crippen LogP contribution >= 0.6 is 11.6 Å². The highest BCUT2D eigenvalue weighted by Gasteiger charge is 2.39. The van der Waals surface area contributed by atoms with Crippen LogP contribution in [0.1, 0.15) is 61.4 Å². The average Bonchev–Trinajstić information content (AvgIpc) is 3.40. The second kappa shape index (κ2) is 9.35. The molecule has 1 saturated heterocycles. The highest BCUT2D eigenvalue weighted by atomic mass is 35.5. The molecule has 0 N–H and O–H groups in total. The predicted molar refractivity (Wildman–Crippen MR) is 145 cm³/mol. The van der Waals surface area contributed by atoms with Crippen molar-refractivity contribution in [3.8, 4) is 5.75 Å². The van der Waals surface area contributed by atoms with Gasteiger partial charge in [0.2, 0.25) is 0 Å². The third-order valence-electron chi connectivity index (χ3n) is 7.12. The van der Waals surface area contributed by atoms with Gasteiger partial charge < -0.3 is 9.64 Å². The van der Waals surface area contributed by atoms with Crippen LogP contribution in [0.4, 0.5) is 0 Å². The van der Waals surface area contributed by atoms with Crippen LogP contribution in [0.3, 0.4) is 0 Å². The topological polar surface area (TPSA) is 12.5 Å². The quantitative estimate of drug-likeness (QED) is 0.297. The Labute approximate surface area is 206 Å². The molecule has 4 rings (SSSR count). The SMILES string of the molecule is C=CCOc1c(C[Si](C)(C)C2C=C(N3CCCC3)c3ccccc32)cc(Cl)cc1C(C)(C)C. The van der Waals surface area contributed by atoms with Gasteiger partial charge >= 0.3 is 0 Å². The number of rotatable bonds is 7. The summed E-state index contributed by atoms with van der Waals surface area (Å²) in [6.45, 7) is 18.5. The summed E-state index contributed by atoms with van der Waals surface area (Å²) in [6.07, 6.45) is 7.01. The molecule has 33 heavy (non-hydrogen) atoms. The zero-order valence-electron chi connectivity index (χ0n) is 20.9. The lowest BCUT2D eigenvalue weighted by atomic mass is 9.85. The molecule has 4 heteroatoms. The average molecular weight is 480 g/mol. The van der Waals surface area contributed by atoms with E-state index < -0.39 is 8.07 Å². The Kier molecular flexibility index (Phi) is 6.84. The number of benzene rings is 2. The van der Waals surface area contributed by atoms with E-state index in [0.717, 1.165) is 16.8 Å². The van der Waals surface area contributed by atoms with Gasteiger partial charge in [-0.2, -0.15) is 0 Å². The van der Waals surface area contributed by atoms with E-state index in [0.29, 0.717) is 12.1 Å². The van der Waals surface area contributed by atoms with Crippen molar-refractivity contribution in [3.63, 3.8) is 0 Å². The Balaban J connectivity index is 1.74. The zero-order valence-corrected chi connectivity index (χ0v) is 22.6. The van der Waals surface area contributed by atoms with Crippen LogP contribution in [-0.2, 0) is 11.5 Å². The van der Waals surface area contributed by atoms with Gasteiger partial charge in [-0.15, -0.1) is 0 Å². The zero-order chi connectivity index (χ0) is 23.8. The summed E-state index contributed by atoms with van der Waals surface area (Å²) in [5, 5.41) is 0.797. The molecular weight excluding hydrogens is 442 g/mol. The Morgan fingerprint density at radius 3 is 2.52 bits per heavy atom. The summed E-state index contributed by atoms with van der Waals surface area (Å²) < 4.78 is 6.30. The van der Waals surface area contributed by atoms with E-state index in [1.54, 1.807) is 0 Å². The van der Waals surface area contributed by atoms with Gasteiger partial charge in [-0.05, 0) is 53.1 Å². The molecule has 2 aliphatic rings. The Morgan fingerprint density at radius 2 is 1.85 bits per heavy atom. The molecule has 176 valence electrons. The van der Waals surface area contributed by atoms with Gasteiger partial charge in [-0.3, -0.25) is 0 Å². The van der Waals surface area contributed by atoms with E-state index in [-0.39, 0.29) is 5.41 Å². The maximum atomic E-state index is 6.66. The van der Waals surface area contributed by atoms with Crippen LogP contribution < -0.4 is 4.74 Å². The predicted octanol–water partition coefficient (Wildman–Crippen LogP) is 7.77. The minimum absolute atomic E-state index is 0.0510. The standard InChI is InChI=1S/C29H38ClNOSi/c1-7-16-32-28-21(17-22(30)18-25(28)29(2,3)4)20-33(5,6)27-19-26(31-14-10-11-15-31)23-12-8-9-13-24(23)27/h7-9,12-13,17-19,27H,1,10-11,14-16,20H2,2-6H3. The number of hydrogen-bond donors (Lipinski definition) is 0. The number of halogens is 1. The molecule has 1 fully saturated rings. The van der Waals surface area contributed by atoms with Gasteiger partial charge in [-0.1, -0.05) is 88.5 Å². The van der Waals surface area contributed by atoms with E-state index >= 15 is 0 Å². The van der Waals surface area contributed by atoms with Gasteiger partial charge in [-0.25, -0.2) is 0 Å². The molecule has 0 saturated carbocycles. The molecule has 1 unspecified atom stereocenters. The fraction of sp³-hybridized carbons (Fsp3) is 0.448. The molecule has 0 radical (unpaired) electrons. The highest BCUT2D eigenvalue weighted by Crippen LogP contribution is 2.46. The number of likely N-dealkylation sites (tertiary alicyclic amines) is 1. The number of nitrogens with zero attached hydrogens (tertiary/aromatic N) is 1. The molecule has 0 amide bonds. The van der Waals surface area contributed by atoms with E-state index in [2.05, 4.69) is 87.8 Å². The van der Waals surface area contributed by atoms with E-state index in [1.165, 1.54) is 53.9 Å². The van der Waals surface area contributed by atoms with Crippen LogP contribution in [0, 0.1) is 0 Å². The van der Waals surface area contributed by atoms with Crippen LogP contribution in [-0.4, -0.2) is 32.7 Å². The second-order valence-electron chi connectivity index (χ2n) is 11.3. The fourth-order valence-corrected chi connectivity index (χ4v) is 8.88. The van der Waals surface area contributed by atoms with Gasteiger partial charge in [0.25, 0.3) is 0 Å². The van der Waals surface area contributed by atoms with Crippen molar-refractivity contribution < 1.29 is 4.74 Å². The Bertz CT molecular complexity index is 1060. The summed E-state index contributed by atoms with van der Waals surface area (Å²) in [4.78, 5) is 2.60. The fourth-order valence-electron chi connectivity index (χ4n) is 5.47. The number of allylic oxidation sites excluding steroid dienone is 1. The molecule has 1 aliphatic carbocycles.